The van der Waals surface area contributed by atoms with Crippen LogP contribution in [0.4, 0.5) is 4.79 Å². The summed E-state index contributed by atoms with van der Waals surface area (Å²) in [6, 6.07) is 0. The molecule has 1 atom stereocenters. The van der Waals surface area contributed by atoms with Gasteiger partial charge in [0.25, 0.3) is 0 Å². The number of alkyl carbamates (subject to hydrolysis) is 1. The first kappa shape index (κ1) is 16.7. The Bertz CT molecular complexity index is 275. The number of ether oxygens (including phenoxy) is 1. The minimum absolute atomic E-state index is 0.0734. The Balaban J connectivity index is 2.04. The van der Waals surface area contributed by atoms with E-state index in [9.17, 15) is 4.79 Å². The number of amides is 1. The number of nitrogens with one attached hydrogen (secondary N) is 1. The van der Waals surface area contributed by atoms with Crippen LogP contribution in [0.1, 0.15) is 32.1 Å². The number of rotatable bonds is 7. The van der Waals surface area contributed by atoms with Crippen molar-refractivity contribution in [3.05, 3.63) is 12.2 Å². The van der Waals surface area contributed by atoms with Crippen LogP contribution in [0.2, 0.25) is 0 Å². The average Bonchev–Trinajstić information content (AvgIpc) is 2.37. The minimum atomic E-state index is -0.279. The van der Waals surface area contributed by atoms with Crippen molar-refractivity contribution in [2.45, 2.75) is 38.2 Å². The van der Waals surface area contributed by atoms with Crippen molar-refractivity contribution >= 4 is 27.7 Å². The van der Waals surface area contributed by atoms with Crippen molar-refractivity contribution in [3.8, 4) is 0 Å². The molecule has 0 fully saturated rings. The maximum Gasteiger partial charge on any atom is 0.407 e. The molecular formula is C13H24N2O2S2. The number of nitrogens with two attached hydrogens (primary N) is 1. The second-order valence-corrected chi connectivity index (χ2v) is 7.07. The smallest absolute Gasteiger partial charge is 0.407 e. The van der Waals surface area contributed by atoms with E-state index in [4.69, 9.17) is 10.5 Å². The topological polar surface area (TPSA) is 64.3 Å². The molecule has 0 bridgehead atoms. The summed E-state index contributed by atoms with van der Waals surface area (Å²) in [7, 11) is 3.47. The zero-order valence-electron chi connectivity index (χ0n) is 11.3. The molecule has 0 heterocycles. The number of hydrogen-bond acceptors (Lipinski definition) is 5. The highest BCUT2D eigenvalue weighted by molar-refractivity contribution is 8.76. The van der Waals surface area contributed by atoms with Gasteiger partial charge in [-0.3, -0.25) is 0 Å². The quantitative estimate of drug-likeness (QED) is 0.430. The van der Waals surface area contributed by atoms with Crippen molar-refractivity contribution in [2.75, 3.05) is 24.6 Å². The molecule has 1 amide bonds. The summed E-state index contributed by atoms with van der Waals surface area (Å²) < 4.78 is 5.43. The molecule has 0 aromatic rings. The van der Waals surface area contributed by atoms with E-state index in [0.717, 1.165) is 43.6 Å². The summed E-state index contributed by atoms with van der Waals surface area (Å²) in [5.41, 5.74) is 5.39. The van der Waals surface area contributed by atoms with Crippen LogP contribution < -0.4 is 11.1 Å². The maximum atomic E-state index is 11.6. The SMILES string of the molecule is NCCSSCCNC(=O)O[C@@H]1CCC=CCCC1. The van der Waals surface area contributed by atoms with E-state index < -0.39 is 0 Å². The first-order valence-corrected chi connectivity index (χ1v) is 9.35. The summed E-state index contributed by atoms with van der Waals surface area (Å²) in [4.78, 5) is 11.6. The van der Waals surface area contributed by atoms with Gasteiger partial charge in [0.2, 0.25) is 0 Å². The maximum absolute atomic E-state index is 11.6. The molecule has 19 heavy (non-hydrogen) atoms. The van der Waals surface area contributed by atoms with Gasteiger partial charge in [0.05, 0.1) is 0 Å². The summed E-state index contributed by atoms with van der Waals surface area (Å²) in [5.74, 6) is 1.83. The highest BCUT2D eigenvalue weighted by Gasteiger charge is 2.14. The van der Waals surface area contributed by atoms with Crippen LogP contribution in [0.25, 0.3) is 0 Å². The molecule has 0 aliphatic heterocycles. The number of allylic oxidation sites excluding steroid dienone is 2. The van der Waals surface area contributed by atoms with E-state index in [1.807, 2.05) is 0 Å². The fourth-order valence-electron chi connectivity index (χ4n) is 1.80. The lowest BCUT2D eigenvalue weighted by atomic mass is 10.0. The molecule has 0 aromatic carbocycles. The van der Waals surface area contributed by atoms with E-state index >= 15 is 0 Å². The van der Waals surface area contributed by atoms with Crippen molar-refractivity contribution in [1.29, 1.82) is 0 Å². The first-order chi connectivity index (χ1) is 9.33. The van der Waals surface area contributed by atoms with Crippen LogP contribution in [0.5, 0.6) is 0 Å². The van der Waals surface area contributed by atoms with Crippen LogP contribution in [-0.4, -0.2) is 36.8 Å². The normalized spacial score (nSPS) is 19.5. The molecule has 1 aliphatic rings. The van der Waals surface area contributed by atoms with E-state index in [2.05, 4.69) is 17.5 Å². The third-order valence-corrected chi connectivity index (χ3v) is 5.17. The summed E-state index contributed by atoms with van der Waals surface area (Å²) in [6.45, 7) is 1.34. The zero-order valence-corrected chi connectivity index (χ0v) is 12.9. The standard InChI is InChI=1S/C13H24N2O2S2/c14-8-10-18-19-11-9-15-13(16)17-12-6-4-2-1-3-5-7-12/h1-2,12H,3-11,14H2,(H,15,16)/t12-/m1/s1. The Morgan fingerprint density at radius 1 is 1.26 bits per heavy atom. The Hall–Kier alpha value is -0.330. The third-order valence-electron chi connectivity index (χ3n) is 2.73. The second kappa shape index (κ2) is 11.5. The molecule has 1 rings (SSSR count). The van der Waals surface area contributed by atoms with Gasteiger partial charge in [0.15, 0.2) is 0 Å². The number of carbonyl (C=O) groups excluding carboxylic acids is 1. The van der Waals surface area contributed by atoms with E-state index in [-0.39, 0.29) is 12.2 Å². The van der Waals surface area contributed by atoms with Gasteiger partial charge >= 0.3 is 6.09 Å². The van der Waals surface area contributed by atoms with Crippen molar-refractivity contribution < 1.29 is 9.53 Å². The molecule has 0 saturated heterocycles. The highest BCUT2D eigenvalue weighted by atomic mass is 33.1. The van der Waals surface area contributed by atoms with Crippen LogP contribution in [0.15, 0.2) is 12.2 Å². The highest BCUT2D eigenvalue weighted by Crippen LogP contribution is 2.19. The third kappa shape index (κ3) is 9.24. The lowest BCUT2D eigenvalue weighted by Crippen LogP contribution is -2.30. The summed E-state index contributed by atoms with van der Waals surface area (Å²) in [6.07, 6.45) is 9.29. The van der Waals surface area contributed by atoms with Gasteiger partial charge in [0, 0.05) is 24.6 Å². The Morgan fingerprint density at radius 3 is 2.89 bits per heavy atom. The summed E-state index contributed by atoms with van der Waals surface area (Å²) in [5, 5.41) is 2.80. The summed E-state index contributed by atoms with van der Waals surface area (Å²) >= 11 is 0. The van der Waals surface area contributed by atoms with Crippen molar-refractivity contribution in [3.63, 3.8) is 0 Å². The van der Waals surface area contributed by atoms with Crippen LogP contribution in [-0.2, 0) is 4.74 Å². The molecular weight excluding hydrogens is 280 g/mol. The molecule has 6 heteroatoms. The van der Waals surface area contributed by atoms with E-state index in [1.54, 1.807) is 21.6 Å². The average molecular weight is 304 g/mol. The first-order valence-electron chi connectivity index (χ1n) is 6.87. The van der Waals surface area contributed by atoms with Gasteiger partial charge in [0.1, 0.15) is 6.10 Å². The molecule has 3 N–H and O–H groups in total. The van der Waals surface area contributed by atoms with Gasteiger partial charge in [-0.15, -0.1) is 0 Å². The van der Waals surface area contributed by atoms with Gasteiger partial charge in [-0.05, 0) is 32.1 Å². The molecule has 0 spiro atoms. The monoisotopic (exact) mass is 304 g/mol. The van der Waals surface area contributed by atoms with Gasteiger partial charge in [-0.1, -0.05) is 33.7 Å². The van der Waals surface area contributed by atoms with Crippen LogP contribution in [0.3, 0.4) is 0 Å². The largest absolute Gasteiger partial charge is 0.446 e. The van der Waals surface area contributed by atoms with Gasteiger partial charge in [-0.25, -0.2) is 4.79 Å². The van der Waals surface area contributed by atoms with Crippen molar-refractivity contribution in [1.82, 2.24) is 5.32 Å². The predicted molar refractivity (Wildman–Crippen MR) is 84.5 cm³/mol. The Kier molecular flexibility index (Phi) is 10.1. The minimum Gasteiger partial charge on any atom is -0.446 e. The molecule has 1 aliphatic carbocycles. The van der Waals surface area contributed by atoms with Gasteiger partial charge < -0.3 is 15.8 Å². The predicted octanol–water partition coefficient (Wildman–Crippen LogP) is 2.94. The fourth-order valence-corrected chi connectivity index (χ4v) is 3.56. The molecule has 0 aromatic heterocycles. The zero-order chi connectivity index (χ0) is 13.8. The van der Waals surface area contributed by atoms with Crippen LogP contribution >= 0.6 is 21.6 Å². The molecule has 0 unspecified atom stereocenters. The van der Waals surface area contributed by atoms with Crippen LogP contribution in [0, 0.1) is 0 Å². The van der Waals surface area contributed by atoms with E-state index in [0.29, 0.717) is 13.1 Å². The second-order valence-electron chi connectivity index (χ2n) is 4.37. The Labute approximate surface area is 123 Å². The van der Waals surface area contributed by atoms with Crippen molar-refractivity contribution in [2.24, 2.45) is 5.73 Å². The number of carbonyl (C=O) groups is 1. The Morgan fingerprint density at radius 2 is 2.05 bits per heavy atom. The molecule has 110 valence electrons. The lowest BCUT2D eigenvalue weighted by Gasteiger charge is -2.18. The molecule has 0 saturated carbocycles. The molecule has 4 nitrogen and oxygen atoms in total. The fraction of sp³-hybridized carbons (Fsp3) is 0.769. The van der Waals surface area contributed by atoms with Gasteiger partial charge in [-0.2, -0.15) is 0 Å². The lowest BCUT2D eigenvalue weighted by molar-refractivity contribution is 0.0869. The number of hydrogen-bond donors (Lipinski definition) is 2. The van der Waals surface area contributed by atoms with E-state index in [1.165, 1.54) is 0 Å². The molecule has 0 radical (unpaired) electrons.